The van der Waals surface area contributed by atoms with Crippen molar-refractivity contribution in [1.82, 2.24) is 9.80 Å². The summed E-state index contributed by atoms with van der Waals surface area (Å²) in [5, 5.41) is 3.49. The number of urea groups is 1. The van der Waals surface area contributed by atoms with Gasteiger partial charge in [-0.3, -0.25) is 4.90 Å². The summed E-state index contributed by atoms with van der Waals surface area (Å²) in [4.78, 5) is 16.8. The Morgan fingerprint density at radius 1 is 1.20 bits per heavy atom. The predicted octanol–water partition coefficient (Wildman–Crippen LogP) is 3.04. The number of benzene rings is 1. The summed E-state index contributed by atoms with van der Waals surface area (Å²) >= 11 is 6.08. The molecule has 1 atom stereocenters. The van der Waals surface area contributed by atoms with Gasteiger partial charge in [0.2, 0.25) is 0 Å². The zero-order chi connectivity index (χ0) is 13.9. The smallest absolute Gasteiger partial charge is 0.321 e. The summed E-state index contributed by atoms with van der Waals surface area (Å²) in [5.41, 5.74) is 0.685. The Kier molecular flexibility index (Phi) is 4.13. The Balaban J connectivity index is 1.62. The minimum absolute atomic E-state index is 0.0386. The highest BCUT2D eigenvalue weighted by Crippen LogP contribution is 2.23. The second kappa shape index (κ2) is 6.02. The topological polar surface area (TPSA) is 35.6 Å². The molecule has 0 saturated carbocycles. The highest BCUT2D eigenvalue weighted by Gasteiger charge is 2.31. The van der Waals surface area contributed by atoms with Crippen molar-refractivity contribution in [3.05, 3.63) is 29.3 Å². The Morgan fingerprint density at radius 3 is 2.90 bits per heavy atom. The lowest BCUT2D eigenvalue weighted by molar-refractivity contribution is 0.0678. The number of hydrogen-bond acceptors (Lipinski definition) is 2. The van der Waals surface area contributed by atoms with Crippen LogP contribution in [0, 0.1) is 0 Å². The van der Waals surface area contributed by atoms with Gasteiger partial charge in [-0.2, -0.15) is 0 Å². The van der Waals surface area contributed by atoms with Gasteiger partial charge in [0, 0.05) is 25.7 Å². The van der Waals surface area contributed by atoms with Crippen molar-refractivity contribution in [3.8, 4) is 0 Å². The number of carbonyl (C=O) groups is 1. The fraction of sp³-hybridized carbons (Fsp3) is 0.533. The van der Waals surface area contributed by atoms with Crippen LogP contribution in [0.15, 0.2) is 24.3 Å². The van der Waals surface area contributed by atoms with Gasteiger partial charge in [-0.15, -0.1) is 0 Å². The SMILES string of the molecule is O=C(Nc1ccccc1Cl)N1CCN2CCCCC2C1. The normalized spacial score (nSPS) is 23.2. The minimum Gasteiger partial charge on any atom is -0.322 e. The molecule has 0 bridgehead atoms. The first-order valence-electron chi connectivity index (χ1n) is 7.28. The first-order valence-corrected chi connectivity index (χ1v) is 7.66. The molecular formula is C15H20ClN3O. The number of amides is 2. The monoisotopic (exact) mass is 293 g/mol. The molecule has 2 amide bonds. The Hall–Kier alpha value is -1.26. The van der Waals surface area contributed by atoms with Gasteiger partial charge in [0.25, 0.3) is 0 Å². The summed E-state index contributed by atoms with van der Waals surface area (Å²) < 4.78 is 0. The van der Waals surface area contributed by atoms with Crippen LogP contribution in [0.2, 0.25) is 5.02 Å². The third kappa shape index (κ3) is 2.91. The molecule has 1 aromatic carbocycles. The summed E-state index contributed by atoms with van der Waals surface area (Å²) in [6.45, 7) is 3.80. The van der Waals surface area contributed by atoms with E-state index in [2.05, 4.69) is 10.2 Å². The molecule has 0 aromatic heterocycles. The van der Waals surface area contributed by atoms with E-state index < -0.39 is 0 Å². The third-order valence-corrected chi connectivity index (χ3v) is 4.57. The van der Waals surface area contributed by atoms with Crippen molar-refractivity contribution in [1.29, 1.82) is 0 Å². The van der Waals surface area contributed by atoms with Crippen LogP contribution in [-0.4, -0.2) is 48.1 Å². The van der Waals surface area contributed by atoms with Crippen molar-refractivity contribution in [2.24, 2.45) is 0 Å². The number of piperidine rings is 1. The number of nitrogens with one attached hydrogen (secondary N) is 1. The minimum atomic E-state index is -0.0386. The van der Waals surface area contributed by atoms with Crippen molar-refractivity contribution < 1.29 is 4.79 Å². The van der Waals surface area contributed by atoms with E-state index in [-0.39, 0.29) is 6.03 Å². The van der Waals surface area contributed by atoms with Gasteiger partial charge < -0.3 is 10.2 Å². The van der Waals surface area contributed by atoms with Crippen molar-refractivity contribution in [2.75, 3.05) is 31.5 Å². The molecule has 4 nitrogen and oxygen atoms in total. The van der Waals surface area contributed by atoms with Gasteiger partial charge in [-0.05, 0) is 31.5 Å². The zero-order valence-corrected chi connectivity index (χ0v) is 12.3. The van der Waals surface area contributed by atoms with E-state index in [1.807, 2.05) is 23.1 Å². The lowest BCUT2D eigenvalue weighted by atomic mass is 10.00. The molecule has 3 rings (SSSR count). The molecule has 2 saturated heterocycles. The molecular weight excluding hydrogens is 274 g/mol. The number of nitrogens with zero attached hydrogens (tertiary/aromatic N) is 2. The molecule has 1 N–H and O–H groups in total. The van der Waals surface area contributed by atoms with Gasteiger partial charge in [0.1, 0.15) is 0 Å². The number of piperazine rings is 1. The quantitative estimate of drug-likeness (QED) is 0.864. The summed E-state index contributed by atoms with van der Waals surface area (Å²) in [7, 11) is 0. The number of para-hydroxylation sites is 1. The zero-order valence-electron chi connectivity index (χ0n) is 11.5. The molecule has 1 unspecified atom stereocenters. The van der Waals surface area contributed by atoms with Crippen LogP contribution in [0.5, 0.6) is 0 Å². The van der Waals surface area contributed by atoms with Crippen LogP contribution < -0.4 is 5.32 Å². The van der Waals surface area contributed by atoms with Crippen LogP contribution in [0.25, 0.3) is 0 Å². The summed E-state index contributed by atoms with van der Waals surface area (Å²) in [6, 6.07) is 7.85. The maximum atomic E-state index is 12.3. The first-order chi connectivity index (χ1) is 9.74. The van der Waals surface area contributed by atoms with Crippen LogP contribution >= 0.6 is 11.6 Å². The maximum absolute atomic E-state index is 12.3. The largest absolute Gasteiger partial charge is 0.322 e. The van der Waals surface area contributed by atoms with Crippen molar-refractivity contribution in [3.63, 3.8) is 0 Å². The van der Waals surface area contributed by atoms with Gasteiger partial charge in [-0.25, -0.2) is 4.79 Å². The Morgan fingerprint density at radius 2 is 2.05 bits per heavy atom. The van der Waals surface area contributed by atoms with Crippen LogP contribution in [0.3, 0.4) is 0 Å². The molecule has 0 radical (unpaired) electrons. The van der Waals surface area contributed by atoms with Crippen LogP contribution in [-0.2, 0) is 0 Å². The van der Waals surface area contributed by atoms with Gasteiger partial charge >= 0.3 is 6.03 Å². The maximum Gasteiger partial charge on any atom is 0.321 e. The van der Waals surface area contributed by atoms with Gasteiger partial charge in [0.05, 0.1) is 10.7 Å². The second-order valence-corrected chi connectivity index (χ2v) is 5.95. The average molecular weight is 294 g/mol. The number of carbonyl (C=O) groups excluding carboxylic acids is 1. The highest BCUT2D eigenvalue weighted by atomic mass is 35.5. The molecule has 2 fully saturated rings. The molecule has 0 spiro atoms. The molecule has 20 heavy (non-hydrogen) atoms. The van der Waals surface area contributed by atoms with Crippen LogP contribution in [0.1, 0.15) is 19.3 Å². The van der Waals surface area contributed by atoms with Gasteiger partial charge in [0.15, 0.2) is 0 Å². The lowest BCUT2D eigenvalue weighted by Crippen LogP contribution is -2.56. The standard InChI is InChI=1S/C15H20ClN3O/c16-13-6-1-2-7-14(13)17-15(20)19-10-9-18-8-4-3-5-12(18)11-19/h1-2,6-7,12H,3-5,8-11H2,(H,17,20). The number of hydrogen-bond donors (Lipinski definition) is 1. The van der Waals surface area contributed by atoms with E-state index in [4.69, 9.17) is 11.6 Å². The van der Waals surface area contributed by atoms with E-state index >= 15 is 0 Å². The number of halogens is 1. The fourth-order valence-corrected chi connectivity index (χ4v) is 3.28. The second-order valence-electron chi connectivity index (χ2n) is 5.54. The van der Waals surface area contributed by atoms with Gasteiger partial charge in [-0.1, -0.05) is 30.2 Å². The molecule has 2 heterocycles. The van der Waals surface area contributed by atoms with Crippen molar-refractivity contribution >= 4 is 23.3 Å². The molecule has 2 aliphatic rings. The summed E-state index contributed by atoms with van der Waals surface area (Å²) in [5.74, 6) is 0. The Bertz CT molecular complexity index is 494. The molecule has 0 aliphatic carbocycles. The molecule has 5 heteroatoms. The molecule has 1 aromatic rings. The highest BCUT2D eigenvalue weighted by molar-refractivity contribution is 6.33. The predicted molar refractivity (Wildman–Crippen MR) is 81.3 cm³/mol. The van der Waals surface area contributed by atoms with E-state index in [1.165, 1.54) is 25.8 Å². The van der Waals surface area contributed by atoms with E-state index in [0.29, 0.717) is 16.8 Å². The van der Waals surface area contributed by atoms with E-state index in [0.717, 1.165) is 19.6 Å². The van der Waals surface area contributed by atoms with E-state index in [9.17, 15) is 4.79 Å². The lowest BCUT2D eigenvalue weighted by Gasteiger charge is -2.43. The number of fused-ring (bicyclic) bond motifs is 1. The first kappa shape index (κ1) is 13.7. The molecule has 2 aliphatic heterocycles. The Labute approximate surface area is 124 Å². The fourth-order valence-electron chi connectivity index (χ4n) is 3.10. The van der Waals surface area contributed by atoms with Crippen molar-refractivity contribution in [2.45, 2.75) is 25.3 Å². The van der Waals surface area contributed by atoms with E-state index in [1.54, 1.807) is 6.07 Å². The average Bonchev–Trinajstić information content (AvgIpc) is 2.49. The number of rotatable bonds is 1. The number of anilines is 1. The summed E-state index contributed by atoms with van der Waals surface area (Å²) in [6.07, 6.45) is 3.78. The molecule has 108 valence electrons. The third-order valence-electron chi connectivity index (χ3n) is 4.24. The van der Waals surface area contributed by atoms with Crippen LogP contribution in [0.4, 0.5) is 10.5 Å².